The molecule has 2 aromatic carbocycles. The Bertz CT molecular complexity index is 883. The van der Waals surface area contributed by atoms with E-state index in [0.717, 1.165) is 15.1 Å². The van der Waals surface area contributed by atoms with Gasteiger partial charge in [-0.05, 0) is 42.3 Å². The normalized spacial score (nSPS) is 20.0. The second kappa shape index (κ2) is 7.17. The molecule has 1 heterocycles. The van der Waals surface area contributed by atoms with Gasteiger partial charge in [-0.2, -0.15) is 17.5 Å². The molecule has 0 aliphatic carbocycles. The second-order valence-electron chi connectivity index (χ2n) is 6.71. The maximum Gasteiger partial charge on any atom is 0.393 e. The van der Waals surface area contributed by atoms with Crippen LogP contribution in [0.1, 0.15) is 12.8 Å². The molecule has 26 heavy (non-hydrogen) atoms. The van der Waals surface area contributed by atoms with E-state index in [1.165, 1.54) is 13.1 Å². The van der Waals surface area contributed by atoms with Crippen LogP contribution in [-0.4, -0.2) is 50.6 Å². The average Bonchev–Trinajstić information content (AvgIpc) is 2.60. The summed E-state index contributed by atoms with van der Waals surface area (Å²) in [5, 5.41) is 1.73. The summed E-state index contributed by atoms with van der Waals surface area (Å²) in [5.74, 6) is -1.40. The first-order valence-electron chi connectivity index (χ1n) is 8.42. The maximum absolute atomic E-state index is 12.9. The van der Waals surface area contributed by atoms with E-state index in [1.54, 1.807) is 17.0 Å². The number of nitrogens with zero attached hydrogens (tertiary/aromatic N) is 2. The lowest BCUT2D eigenvalue weighted by Gasteiger charge is -2.35. The van der Waals surface area contributed by atoms with Crippen LogP contribution >= 0.6 is 0 Å². The summed E-state index contributed by atoms with van der Waals surface area (Å²) in [6, 6.07) is 12.3. The summed E-state index contributed by atoms with van der Waals surface area (Å²) in [5.41, 5.74) is 0. The van der Waals surface area contributed by atoms with Crippen LogP contribution in [0.3, 0.4) is 0 Å². The number of hydrogen-bond acceptors (Lipinski definition) is 3. The molecule has 1 saturated heterocycles. The number of halogens is 3. The molecule has 0 bridgehead atoms. The first kappa shape index (κ1) is 19.1. The van der Waals surface area contributed by atoms with Crippen molar-refractivity contribution in [3.8, 4) is 0 Å². The van der Waals surface area contributed by atoms with Gasteiger partial charge in [0, 0.05) is 13.6 Å². The van der Waals surface area contributed by atoms with E-state index in [1.807, 2.05) is 24.3 Å². The number of benzene rings is 2. The monoisotopic (exact) mass is 386 g/mol. The fraction of sp³-hybridized carbons (Fsp3) is 0.444. The summed E-state index contributed by atoms with van der Waals surface area (Å²) >= 11 is 0. The average molecular weight is 386 g/mol. The molecular weight excluding hydrogens is 365 g/mol. The van der Waals surface area contributed by atoms with Crippen LogP contribution in [0, 0.1) is 5.92 Å². The highest BCUT2D eigenvalue weighted by Gasteiger charge is 2.42. The third-order valence-electron chi connectivity index (χ3n) is 4.80. The fourth-order valence-electron chi connectivity index (χ4n) is 3.32. The van der Waals surface area contributed by atoms with Gasteiger partial charge >= 0.3 is 6.18 Å². The van der Waals surface area contributed by atoms with Gasteiger partial charge in [-0.3, -0.25) is 4.90 Å². The van der Waals surface area contributed by atoms with E-state index in [0.29, 0.717) is 13.0 Å². The van der Waals surface area contributed by atoms with Crippen LogP contribution in [0.4, 0.5) is 13.2 Å². The van der Waals surface area contributed by atoms with Gasteiger partial charge in [0.15, 0.2) is 0 Å². The largest absolute Gasteiger partial charge is 0.393 e. The summed E-state index contributed by atoms with van der Waals surface area (Å²) in [4.78, 5) is 1.70. The Balaban J connectivity index is 1.76. The van der Waals surface area contributed by atoms with Crippen molar-refractivity contribution in [1.82, 2.24) is 9.21 Å². The van der Waals surface area contributed by atoms with Gasteiger partial charge in [-0.15, -0.1) is 0 Å². The van der Waals surface area contributed by atoms with Gasteiger partial charge in [-0.25, -0.2) is 8.42 Å². The van der Waals surface area contributed by atoms with Crippen LogP contribution in [0.5, 0.6) is 0 Å². The number of fused-ring (bicyclic) bond motifs is 1. The molecule has 1 atom stereocenters. The van der Waals surface area contributed by atoms with Crippen molar-refractivity contribution in [3.63, 3.8) is 0 Å². The molecule has 8 heteroatoms. The van der Waals surface area contributed by atoms with E-state index in [4.69, 9.17) is 0 Å². The fourth-order valence-corrected chi connectivity index (χ4v) is 4.51. The van der Waals surface area contributed by atoms with Crippen LogP contribution < -0.4 is 0 Å². The molecule has 1 fully saturated rings. The minimum atomic E-state index is -4.24. The Kier molecular flexibility index (Phi) is 5.28. The van der Waals surface area contributed by atoms with E-state index in [2.05, 4.69) is 0 Å². The van der Waals surface area contributed by atoms with Crippen LogP contribution in [0.25, 0.3) is 10.8 Å². The Morgan fingerprint density at radius 3 is 2.54 bits per heavy atom. The van der Waals surface area contributed by atoms with Crippen LogP contribution in [0.2, 0.25) is 0 Å². The van der Waals surface area contributed by atoms with Crippen LogP contribution in [-0.2, 0) is 10.0 Å². The molecule has 0 spiro atoms. The molecular formula is C18H21F3N2O2S. The zero-order valence-electron chi connectivity index (χ0n) is 14.4. The minimum Gasteiger partial charge on any atom is -0.289 e. The molecule has 0 aromatic heterocycles. The molecule has 1 aliphatic heterocycles. The highest BCUT2D eigenvalue weighted by Crippen LogP contribution is 2.33. The lowest BCUT2D eigenvalue weighted by molar-refractivity contribution is -0.187. The minimum absolute atomic E-state index is 0.0538. The Morgan fingerprint density at radius 2 is 1.85 bits per heavy atom. The Morgan fingerprint density at radius 1 is 1.15 bits per heavy atom. The summed E-state index contributed by atoms with van der Waals surface area (Å²) < 4.78 is 65.6. The molecule has 142 valence electrons. The third kappa shape index (κ3) is 4.02. The number of sulfonamides is 1. The van der Waals surface area contributed by atoms with Gasteiger partial charge in [0.05, 0.1) is 17.5 Å². The SMILES string of the molecule is CN(CN1CCCC(C(F)(F)F)C1)S(=O)(=O)c1ccc2ccccc2c1. The quantitative estimate of drug-likeness (QED) is 0.805. The molecule has 0 N–H and O–H groups in total. The van der Waals surface area contributed by atoms with E-state index >= 15 is 0 Å². The molecule has 0 saturated carbocycles. The van der Waals surface area contributed by atoms with E-state index in [9.17, 15) is 21.6 Å². The summed E-state index contributed by atoms with van der Waals surface area (Å²) in [6.07, 6.45) is -3.73. The van der Waals surface area contributed by atoms with Crippen molar-refractivity contribution in [3.05, 3.63) is 42.5 Å². The Labute approximate surface area is 151 Å². The first-order chi connectivity index (χ1) is 12.2. The zero-order chi connectivity index (χ0) is 18.9. The summed E-state index contributed by atoms with van der Waals surface area (Å²) in [7, 11) is -2.37. The topological polar surface area (TPSA) is 40.6 Å². The van der Waals surface area contributed by atoms with Crippen LogP contribution in [0.15, 0.2) is 47.4 Å². The molecule has 1 unspecified atom stereocenters. The lowest BCUT2D eigenvalue weighted by atomic mass is 9.98. The predicted molar refractivity (Wildman–Crippen MR) is 94.1 cm³/mol. The predicted octanol–water partition coefficient (Wildman–Crippen LogP) is 3.69. The molecule has 0 amide bonds. The highest BCUT2D eigenvalue weighted by atomic mass is 32.2. The molecule has 3 rings (SSSR count). The van der Waals surface area contributed by atoms with Gasteiger partial charge in [0.25, 0.3) is 0 Å². The number of alkyl halides is 3. The van der Waals surface area contributed by atoms with Gasteiger partial charge in [0.2, 0.25) is 10.0 Å². The van der Waals surface area contributed by atoms with E-state index < -0.39 is 22.1 Å². The molecule has 0 radical (unpaired) electrons. The number of hydrogen-bond donors (Lipinski definition) is 0. The molecule has 4 nitrogen and oxygen atoms in total. The smallest absolute Gasteiger partial charge is 0.289 e. The van der Waals surface area contributed by atoms with Gasteiger partial charge in [0.1, 0.15) is 0 Å². The van der Waals surface area contributed by atoms with Crippen molar-refractivity contribution in [2.45, 2.75) is 23.9 Å². The standard InChI is InChI=1S/C18H21F3N2O2S/c1-22(13-23-10-4-7-16(12-23)18(19,20)21)26(24,25)17-9-8-14-5-2-3-6-15(14)11-17/h2-3,5-6,8-9,11,16H,4,7,10,12-13H2,1H3. The third-order valence-corrected chi connectivity index (χ3v) is 6.58. The zero-order valence-corrected chi connectivity index (χ0v) is 15.2. The van der Waals surface area contributed by atoms with E-state index in [-0.39, 0.29) is 24.5 Å². The Hall–Kier alpha value is -1.64. The molecule has 2 aromatic rings. The second-order valence-corrected chi connectivity index (χ2v) is 8.76. The number of piperidine rings is 1. The molecule has 1 aliphatic rings. The van der Waals surface area contributed by atoms with Gasteiger partial charge < -0.3 is 0 Å². The highest BCUT2D eigenvalue weighted by molar-refractivity contribution is 7.89. The lowest BCUT2D eigenvalue weighted by Crippen LogP contribution is -2.47. The van der Waals surface area contributed by atoms with Crippen molar-refractivity contribution < 1.29 is 21.6 Å². The van der Waals surface area contributed by atoms with Crippen molar-refractivity contribution >= 4 is 20.8 Å². The van der Waals surface area contributed by atoms with Gasteiger partial charge in [-0.1, -0.05) is 30.3 Å². The first-order valence-corrected chi connectivity index (χ1v) is 9.86. The summed E-state index contributed by atoms with van der Waals surface area (Å²) in [6.45, 7) is 0.243. The van der Waals surface area contributed by atoms with Crippen molar-refractivity contribution in [2.24, 2.45) is 5.92 Å². The van der Waals surface area contributed by atoms with Crippen molar-refractivity contribution in [1.29, 1.82) is 0 Å². The number of rotatable bonds is 4. The maximum atomic E-state index is 12.9. The number of likely N-dealkylation sites (tertiary alicyclic amines) is 1. The van der Waals surface area contributed by atoms with Crippen molar-refractivity contribution in [2.75, 3.05) is 26.8 Å².